The number of pyridine rings is 1. The largest absolute Gasteiger partial charge is 0.253 e. The first-order valence-electron chi connectivity index (χ1n) is 6.71. The molecule has 2 unspecified atom stereocenters. The fraction of sp³-hybridized carbons (Fsp3) is 0.235. The zero-order chi connectivity index (χ0) is 14.0. The number of aromatic nitrogens is 1. The van der Waals surface area contributed by atoms with E-state index in [9.17, 15) is 0 Å². The van der Waals surface area contributed by atoms with Gasteiger partial charge in [0.2, 0.25) is 0 Å². The number of para-hydroxylation sites is 1. The van der Waals surface area contributed by atoms with Crippen LogP contribution in [0.4, 0.5) is 0 Å². The highest BCUT2D eigenvalue weighted by atomic mass is 79.9. The Morgan fingerprint density at radius 1 is 1.10 bits per heavy atom. The van der Waals surface area contributed by atoms with Crippen molar-refractivity contribution in [1.29, 1.82) is 0 Å². The lowest BCUT2D eigenvalue weighted by Crippen LogP contribution is -2.30. The summed E-state index contributed by atoms with van der Waals surface area (Å²) in [7, 11) is 0. The Labute approximate surface area is 136 Å². The van der Waals surface area contributed by atoms with Gasteiger partial charge >= 0.3 is 0 Å². The molecule has 1 aliphatic carbocycles. The van der Waals surface area contributed by atoms with Crippen LogP contribution in [0.15, 0.2) is 60.7 Å². The minimum absolute atomic E-state index is 0.0188. The highest BCUT2D eigenvalue weighted by Crippen LogP contribution is 2.37. The van der Waals surface area contributed by atoms with E-state index in [1.165, 1.54) is 5.39 Å². The van der Waals surface area contributed by atoms with Crippen LogP contribution < -0.4 is 0 Å². The Bertz CT molecular complexity index is 677. The van der Waals surface area contributed by atoms with Gasteiger partial charge in [-0.3, -0.25) is 4.98 Å². The van der Waals surface area contributed by atoms with Gasteiger partial charge < -0.3 is 0 Å². The lowest BCUT2D eigenvalue weighted by molar-refractivity contribution is 0.666. The van der Waals surface area contributed by atoms with E-state index in [2.05, 4.69) is 80.4 Å². The molecule has 3 heteroatoms. The molecule has 3 rings (SSSR count). The van der Waals surface area contributed by atoms with E-state index in [1.807, 2.05) is 12.1 Å². The number of hydrogen-bond acceptors (Lipinski definition) is 1. The summed E-state index contributed by atoms with van der Waals surface area (Å²) in [6, 6.07) is 12.5. The van der Waals surface area contributed by atoms with Gasteiger partial charge in [0.05, 0.1) is 14.7 Å². The molecule has 1 aliphatic rings. The molecule has 0 spiro atoms. The minimum Gasteiger partial charge on any atom is -0.253 e. The molecule has 2 atom stereocenters. The van der Waals surface area contributed by atoms with E-state index < -0.39 is 0 Å². The van der Waals surface area contributed by atoms with Crippen molar-refractivity contribution in [3.8, 4) is 0 Å². The van der Waals surface area contributed by atoms with Crippen LogP contribution in [0.25, 0.3) is 10.9 Å². The molecule has 20 heavy (non-hydrogen) atoms. The molecule has 0 amide bonds. The van der Waals surface area contributed by atoms with E-state index in [1.54, 1.807) is 0 Å². The van der Waals surface area contributed by atoms with E-state index >= 15 is 0 Å². The average molecular weight is 393 g/mol. The number of benzene rings is 1. The van der Waals surface area contributed by atoms with Gasteiger partial charge in [-0.25, -0.2) is 0 Å². The lowest BCUT2D eigenvalue weighted by atomic mass is 9.94. The number of halogens is 2. The van der Waals surface area contributed by atoms with Gasteiger partial charge in [-0.2, -0.15) is 0 Å². The summed E-state index contributed by atoms with van der Waals surface area (Å²) in [5, 5.41) is 1.20. The second kappa shape index (κ2) is 5.82. The summed E-state index contributed by atoms with van der Waals surface area (Å²) in [6.45, 7) is 0. The molecule has 0 fully saturated rings. The molecule has 1 aromatic carbocycles. The van der Waals surface area contributed by atoms with Gasteiger partial charge in [0.25, 0.3) is 0 Å². The third-order valence-corrected chi connectivity index (χ3v) is 6.53. The van der Waals surface area contributed by atoms with Gasteiger partial charge in [0.15, 0.2) is 0 Å². The predicted octanol–water partition coefficient (Wildman–Crippen LogP) is 5.19. The molecule has 1 heterocycles. The number of hydrogen-bond donors (Lipinski definition) is 0. The van der Waals surface area contributed by atoms with Crippen LogP contribution >= 0.6 is 31.9 Å². The second-order valence-electron chi connectivity index (χ2n) is 5.07. The Morgan fingerprint density at radius 2 is 1.95 bits per heavy atom. The molecule has 0 bridgehead atoms. The first-order valence-corrected chi connectivity index (χ1v) is 8.42. The van der Waals surface area contributed by atoms with Crippen molar-refractivity contribution in [3.63, 3.8) is 0 Å². The molecule has 0 aliphatic heterocycles. The number of aryl methyl sites for hydroxylation is 1. The van der Waals surface area contributed by atoms with Gasteiger partial charge in [-0.1, -0.05) is 80.4 Å². The molecule has 0 N–H and O–H groups in total. The SMILES string of the molecule is BrC1C=CC=CC1(Br)CCc1ccc2ccccc2n1. The topological polar surface area (TPSA) is 12.9 Å². The van der Waals surface area contributed by atoms with Crippen molar-refractivity contribution in [1.82, 2.24) is 4.98 Å². The van der Waals surface area contributed by atoms with Crippen molar-refractivity contribution in [2.75, 3.05) is 0 Å². The van der Waals surface area contributed by atoms with E-state index in [0.717, 1.165) is 24.1 Å². The Balaban J connectivity index is 1.77. The number of rotatable bonds is 3. The van der Waals surface area contributed by atoms with Crippen LogP contribution in [0.2, 0.25) is 0 Å². The second-order valence-corrected chi connectivity index (χ2v) is 7.53. The maximum atomic E-state index is 4.74. The highest BCUT2D eigenvalue weighted by molar-refractivity contribution is 9.12. The Kier molecular flexibility index (Phi) is 4.08. The molecule has 102 valence electrons. The zero-order valence-corrected chi connectivity index (χ0v) is 14.1. The summed E-state index contributed by atoms with van der Waals surface area (Å²) in [5.74, 6) is 0. The molecule has 0 saturated heterocycles. The maximum Gasteiger partial charge on any atom is 0.0705 e. The number of nitrogens with zero attached hydrogens (tertiary/aromatic N) is 1. The fourth-order valence-electron chi connectivity index (χ4n) is 2.42. The van der Waals surface area contributed by atoms with Crippen LogP contribution in [-0.4, -0.2) is 14.1 Å². The molecular formula is C17H15Br2N. The smallest absolute Gasteiger partial charge is 0.0705 e. The van der Waals surface area contributed by atoms with Gasteiger partial charge in [-0.05, 0) is 25.0 Å². The Hall–Kier alpha value is -0.930. The fourth-order valence-corrected chi connectivity index (χ4v) is 3.48. The van der Waals surface area contributed by atoms with Crippen molar-refractivity contribution < 1.29 is 0 Å². The van der Waals surface area contributed by atoms with Crippen LogP contribution in [0, 0.1) is 0 Å². The third kappa shape index (κ3) is 2.89. The van der Waals surface area contributed by atoms with Crippen molar-refractivity contribution in [3.05, 3.63) is 66.4 Å². The summed E-state index contributed by atoms with van der Waals surface area (Å²) in [4.78, 5) is 5.06. The van der Waals surface area contributed by atoms with Gasteiger partial charge in [0, 0.05) is 11.1 Å². The summed E-state index contributed by atoms with van der Waals surface area (Å²) < 4.78 is -0.0188. The molecule has 0 saturated carbocycles. The number of alkyl halides is 2. The standard InChI is InChI=1S/C17H15Br2N/c18-16-7-3-4-11-17(16,19)12-10-14-9-8-13-5-1-2-6-15(13)20-14/h1-9,11,16H,10,12H2. The molecule has 0 radical (unpaired) electrons. The first-order chi connectivity index (χ1) is 9.67. The average Bonchev–Trinajstić information content (AvgIpc) is 2.48. The molecule has 1 aromatic heterocycles. The monoisotopic (exact) mass is 391 g/mol. The maximum absolute atomic E-state index is 4.74. The molecular weight excluding hydrogens is 378 g/mol. The summed E-state index contributed by atoms with van der Waals surface area (Å²) in [6.07, 6.45) is 10.5. The quantitative estimate of drug-likeness (QED) is 0.655. The number of fused-ring (bicyclic) bond motifs is 1. The van der Waals surface area contributed by atoms with Crippen molar-refractivity contribution in [2.24, 2.45) is 0 Å². The molecule has 2 aromatic rings. The van der Waals surface area contributed by atoms with Gasteiger partial charge in [0.1, 0.15) is 0 Å². The first kappa shape index (κ1) is 14.0. The van der Waals surface area contributed by atoms with Crippen LogP contribution in [0.3, 0.4) is 0 Å². The highest BCUT2D eigenvalue weighted by Gasteiger charge is 2.31. The van der Waals surface area contributed by atoms with Crippen LogP contribution in [0.5, 0.6) is 0 Å². The van der Waals surface area contributed by atoms with Crippen molar-refractivity contribution >= 4 is 42.8 Å². The minimum atomic E-state index is -0.0188. The van der Waals surface area contributed by atoms with E-state index in [-0.39, 0.29) is 4.32 Å². The predicted molar refractivity (Wildman–Crippen MR) is 92.7 cm³/mol. The third-order valence-electron chi connectivity index (χ3n) is 3.64. The lowest BCUT2D eigenvalue weighted by Gasteiger charge is -2.29. The molecule has 1 nitrogen and oxygen atoms in total. The van der Waals surface area contributed by atoms with Crippen molar-refractivity contribution in [2.45, 2.75) is 22.0 Å². The van der Waals surface area contributed by atoms with Crippen LogP contribution in [0.1, 0.15) is 12.1 Å². The van der Waals surface area contributed by atoms with Crippen LogP contribution in [-0.2, 0) is 6.42 Å². The van der Waals surface area contributed by atoms with Gasteiger partial charge in [-0.15, -0.1) is 0 Å². The van der Waals surface area contributed by atoms with E-state index in [4.69, 9.17) is 4.98 Å². The van der Waals surface area contributed by atoms with E-state index in [0.29, 0.717) is 4.83 Å². The number of allylic oxidation sites excluding steroid dienone is 4. The normalized spacial score (nSPS) is 25.2. The Morgan fingerprint density at radius 3 is 2.80 bits per heavy atom. The zero-order valence-electron chi connectivity index (χ0n) is 11.0. The summed E-state index contributed by atoms with van der Waals surface area (Å²) in [5.41, 5.74) is 2.22. The summed E-state index contributed by atoms with van der Waals surface area (Å²) >= 11 is 7.57.